The van der Waals surface area contributed by atoms with E-state index in [1.807, 2.05) is 0 Å². The molecular weight excluding hydrogens is 461 g/mol. The number of pyridine rings is 1. The fourth-order valence-corrected chi connectivity index (χ4v) is 4.64. The Kier molecular flexibility index (Phi) is 6.96. The Morgan fingerprint density at radius 2 is 2.00 bits per heavy atom. The van der Waals surface area contributed by atoms with Crippen molar-refractivity contribution in [2.75, 3.05) is 29.6 Å². The van der Waals surface area contributed by atoms with E-state index in [9.17, 15) is 27.0 Å². The predicted octanol–water partition coefficient (Wildman–Crippen LogP) is 4.54. The summed E-state index contributed by atoms with van der Waals surface area (Å²) in [7, 11) is -3.27. The van der Waals surface area contributed by atoms with Gasteiger partial charge in [-0.1, -0.05) is 6.07 Å². The number of carboxylic acid groups (broad SMARTS) is 1. The molecule has 0 spiro atoms. The smallest absolute Gasteiger partial charge is 0.439 e. The van der Waals surface area contributed by atoms with Gasteiger partial charge < -0.3 is 15.3 Å². The van der Waals surface area contributed by atoms with Crippen LogP contribution < -0.4 is 10.2 Å². The zero-order chi connectivity index (χ0) is 24.4. The van der Waals surface area contributed by atoms with Gasteiger partial charge in [0.25, 0.3) is 5.91 Å². The summed E-state index contributed by atoms with van der Waals surface area (Å²) in [5.74, 6) is -4.18. The molecule has 178 valence electrons. The number of aromatic nitrogens is 1. The van der Waals surface area contributed by atoms with E-state index in [1.165, 1.54) is 31.2 Å². The standard InChI is InChI=1S/C21H23F3N4O4S/c1-13-16(22)12-25-18(28-9-4-7-21(23,24)8-10-28)17(13)19(29)26-14-5-3-6-15(11-14)33(2,32)27-20(30)31/h3,5-6,11-12H,4,7-10H2,1-2H3,(H,26,29)(H,30,31). The molecule has 1 aliphatic rings. The van der Waals surface area contributed by atoms with Gasteiger partial charge in [0.1, 0.15) is 11.6 Å². The Hall–Kier alpha value is -3.15. The second-order valence-electron chi connectivity index (χ2n) is 7.78. The minimum absolute atomic E-state index is 0.00447. The summed E-state index contributed by atoms with van der Waals surface area (Å²) in [6, 6.07) is 5.65. The molecule has 1 fully saturated rings. The van der Waals surface area contributed by atoms with Gasteiger partial charge in [-0.05, 0) is 31.5 Å². The Balaban J connectivity index is 1.95. The summed E-state index contributed by atoms with van der Waals surface area (Å²) in [4.78, 5) is 29.6. The van der Waals surface area contributed by atoms with Gasteiger partial charge in [0, 0.05) is 48.3 Å². The van der Waals surface area contributed by atoms with Crippen molar-refractivity contribution in [1.82, 2.24) is 4.98 Å². The van der Waals surface area contributed by atoms with Gasteiger partial charge in [0.15, 0.2) is 0 Å². The number of carbonyl (C=O) groups excluding carboxylic acids is 1. The third kappa shape index (κ3) is 5.81. The van der Waals surface area contributed by atoms with Crippen molar-refractivity contribution in [3.05, 3.63) is 47.4 Å². The highest BCUT2D eigenvalue weighted by Gasteiger charge is 2.33. The van der Waals surface area contributed by atoms with Crippen LogP contribution in [0, 0.1) is 12.7 Å². The molecule has 2 amide bonds. The Labute approximate surface area is 189 Å². The molecule has 33 heavy (non-hydrogen) atoms. The maximum absolute atomic E-state index is 14.3. The van der Waals surface area contributed by atoms with E-state index in [4.69, 9.17) is 5.11 Å². The van der Waals surface area contributed by atoms with Crippen LogP contribution in [0.2, 0.25) is 0 Å². The number of benzene rings is 1. The van der Waals surface area contributed by atoms with Crippen molar-refractivity contribution in [2.45, 2.75) is 37.0 Å². The number of anilines is 2. The summed E-state index contributed by atoms with van der Waals surface area (Å²) in [5.41, 5.74) is 0.0765. The number of hydrogen-bond acceptors (Lipinski definition) is 5. The van der Waals surface area contributed by atoms with Gasteiger partial charge in [-0.25, -0.2) is 27.2 Å². The number of halogens is 3. The zero-order valence-corrected chi connectivity index (χ0v) is 18.8. The number of nitrogens with zero attached hydrogens (tertiary/aromatic N) is 3. The van der Waals surface area contributed by atoms with Crippen LogP contribution in [0.4, 0.5) is 29.5 Å². The molecule has 3 rings (SSSR count). The SMILES string of the molecule is Cc1c(F)cnc(N2CCCC(F)(F)CC2)c1C(=O)Nc1cccc(S(C)(=O)=NC(=O)O)c1. The molecule has 0 bridgehead atoms. The van der Waals surface area contributed by atoms with Crippen LogP contribution >= 0.6 is 0 Å². The summed E-state index contributed by atoms with van der Waals surface area (Å²) in [5, 5.41) is 11.4. The first-order valence-corrected chi connectivity index (χ1v) is 12.0. The molecule has 0 saturated carbocycles. The van der Waals surface area contributed by atoms with Crippen LogP contribution in [0.1, 0.15) is 35.2 Å². The predicted molar refractivity (Wildman–Crippen MR) is 117 cm³/mol. The highest BCUT2D eigenvalue weighted by Crippen LogP contribution is 2.32. The number of amides is 2. The lowest BCUT2D eigenvalue weighted by molar-refractivity contribution is -0.0102. The van der Waals surface area contributed by atoms with Gasteiger partial charge in [-0.3, -0.25) is 4.79 Å². The topological polar surface area (TPSA) is 112 Å². The van der Waals surface area contributed by atoms with Crippen molar-refractivity contribution in [2.24, 2.45) is 4.36 Å². The molecule has 2 heterocycles. The fraction of sp³-hybridized carbons (Fsp3) is 0.381. The van der Waals surface area contributed by atoms with Gasteiger partial charge in [-0.2, -0.15) is 0 Å². The molecule has 8 nitrogen and oxygen atoms in total. The van der Waals surface area contributed by atoms with Crippen LogP contribution in [-0.2, 0) is 9.73 Å². The van der Waals surface area contributed by atoms with E-state index < -0.39 is 39.9 Å². The third-order valence-electron chi connectivity index (χ3n) is 5.28. The Morgan fingerprint density at radius 1 is 1.27 bits per heavy atom. The lowest BCUT2D eigenvalue weighted by Gasteiger charge is -2.25. The van der Waals surface area contributed by atoms with Crippen molar-refractivity contribution >= 4 is 33.2 Å². The van der Waals surface area contributed by atoms with Gasteiger partial charge >= 0.3 is 6.09 Å². The van der Waals surface area contributed by atoms with E-state index in [-0.39, 0.29) is 53.5 Å². The number of carbonyl (C=O) groups is 2. The lowest BCUT2D eigenvalue weighted by Crippen LogP contribution is -2.30. The van der Waals surface area contributed by atoms with E-state index in [1.54, 1.807) is 4.90 Å². The van der Waals surface area contributed by atoms with Crippen molar-refractivity contribution < 1.29 is 32.1 Å². The average molecular weight is 485 g/mol. The first kappa shape index (κ1) is 24.5. The Morgan fingerprint density at radius 3 is 2.70 bits per heavy atom. The minimum Gasteiger partial charge on any atom is -0.463 e. The van der Waals surface area contributed by atoms with Crippen molar-refractivity contribution in [3.8, 4) is 0 Å². The highest BCUT2D eigenvalue weighted by atomic mass is 32.2. The fourth-order valence-electron chi connectivity index (χ4n) is 3.56. The highest BCUT2D eigenvalue weighted by molar-refractivity contribution is 7.93. The van der Waals surface area contributed by atoms with E-state index in [2.05, 4.69) is 14.7 Å². The number of nitrogens with one attached hydrogen (secondary N) is 1. The van der Waals surface area contributed by atoms with E-state index in [0.717, 1.165) is 12.5 Å². The molecule has 12 heteroatoms. The van der Waals surface area contributed by atoms with Crippen molar-refractivity contribution in [3.63, 3.8) is 0 Å². The molecule has 1 aromatic carbocycles. The zero-order valence-electron chi connectivity index (χ0n) is 18.0. The van der Waals surface area contributed by atoms with Crippen molar-refractivity contribution in [1.29, 1.82) is 0 Å². The maximum Gasteiger partial charge on any atom is 0.439 e. The maximum atomic E-state index is 14.3. The first-order valence-electron chi connectivity index (χ1n) is 10.0. The quantitative estimate of drug-likeness (QED) is 0.659. The summed E-state index contributed by atoms with van der Waals surface area (Å²) >= 11 is 0. The Bertz CT molecular complexity index is 1210. The monoisotopic (exact) mass is 484 g/mol. The second-order valence-corrected chi connectivity index (χ2v) is 10.0. The van der Waals surface area contributed by atoms with Crippen LogP contribution in [0.25, 0.3) is 0 Å². The number of rotatable bonds is 4. The average Bonchev–Trinajstić information content (AvgIpc) is 2.89. The summed E-state index contributed by atoms with van der Waals surface area (Å²) in [6.07, 6.45) is 0.000293. The van der Waals surface area contributed by atoms with Crippen LogP contribution in [-0.4, -0.2) is 51.6 Å². The normalized spacial score (nSPS) is 17.5. The summed E-state index contributed by atoms with van der Waals surface area (Å²) in [6.45, 7) is 1.58. The van der Waals surface area contributed by atoms with Gasteiger partial charge in [0.2, 0.25) is 5.92 Å². The van der Waals surface area contributed by atoms with Gasteiger partial charge in [-0.15, -0.1) is 4.36 Å². The number of alkyl halides is 2. The lowest BCUT2D eigenvalue weighted by atomic mass is 10.1. The minimum atomic E-state index is -3.27. The molecule has 1 atom stereocenters. The molecule has 1 unspecified atom stereocenters. The molecule has 0 radical (unpaired) electrons. The van der Waals surface area contributed by atoms with Crippen LogP contribution in [0.3, 0.4) is 0 Å². The van der Waals surface area contributed by atoms with E-state index >= 15 is 0 Å². The first-order chi connectivity index (χ1) is 15.4. The largest absolute Gasteiger partial charge is 0.463 e. The molecule has 1 aromatic heterocycles. The molecule has 0 aliphatic carbocycles. The number of hydrogen-bond donors (Lipinski definition) is 2. The molecule has 2 aromatic rings. The third-order valence-corrected chi connectivity index (χ3v) is 6.92. The molecular formula is C21H23F3N4O4S. The van der Waals surface area contributed by atoms with Crippen LogP contribution in [0.5, 0.6) is 0 Å². The molecule has 1 aliphatic heterocycles. The van der Waals surface area contributed by atoms with Gasteiger partial charge in [0.05, 0.1) is 21.5 Å². The van der Waals surface area contributed by atoms with E-state index in [0.29, 0.717) is 0 Å². The molecule has 2 N–H and O–H groups in total. The van der Waals surface area contributed by atoms with Crippen LogP contribution in [0.15, 0.2) is 39.7 Å². The second kappa shape index (κ2) is 9.38. The summed E-state index contributed by atoms with van der Waals surface area (Å²) < 4.78 is 57.6. The molecule has 1 saturated heterocycles.